The Kier molecular flexibility index (Phi) is 9.51. The molecule has 4 unspecified atom stereocenters. The molecule has 0 spiro atoms. The highest BCUT2D eigenvalue weighted by Crippen LogP contribution is 2.40. The van der Waals surface area contributed by atoms with Crippen molar-refractivity contribution in [3.8, 4) is 5.75 Å². The zero-order valence-electron chi connectivity index (χ0n) is 15.5. The molecule has 0 heterocycles. The van der Waals surface area contributed by atoms with Crippen LogP contribution in [0.4, 0.5) is 0 Å². The maximum absolute atomic E-state index is 11.1. The molecule has 0 aliphatic heterocycles. The van der Waals surface area contributed by atoms with Crippen molar-refractivity contribution in [2.45, 2.75) is 56.4 Å². The molecule has 0 radical (unpaired) electrons. The largest absolute Gasteiger partial charge is 0.493 e. The Morgan fingerprint density at radius 2 is 1.78 bits per heavy atom. The highest BCUT2D eigenvalue weighted by atomic mass is 35.5. The molecule has 0 bridgehead atoms. The van der Waals surface area contributed by atoms with Crippen LogP contribution < -0.4 is 4.74 Å². The summed E-state index contributed by atoms with van der Waals surface area (Å²) in [6.07, 6.45) is 5.39. The lowest BCUT2D eigenvalue weighted by Crippen LogP contribution is -2.27. The Labute approximate surface area is 176 Å². The number of carbonyl (C=O) groups excluding carboxylic acids is 1. The summed E-state index contributed by atoms with van der Waals surface area (Å²) in [5.41, 5.74) is 0. The zero-order chi connectivity index (χ0) is 19.8. The number of esters is 1. The minimum atomic E-state index is -0.466. The fraction of sp³-hybridized carbons (Fsp3) is 0.650. The first-order valence-electron chi connectivity index (χ1n) is 9.38. The van der Waals surface area contributed by atoms with Crippen LogP contribution in [0.3, 0.4) is 0 Å². The van der Waals surface area contributed by atoms with Gasteiger partial charge in [-0.1, -0.05) is 42.5 Å². The summed E-state index contributed by atoms with van der Waals surface area (Å²) in [7, 11) is 1.41. The van der Waals surface area contributed by atoms with Crippen LogP contribution in [0.1, 0.15) is 44.9 Å². The Balaban J connectivity index is 1.78. The highest BCUT2D eigenvalue weighted by molar-refractivity contribution is 6.34. The number of rotatable bonds is 10. The van der Waals surface area contributed by atoms with Gasteiger partial charge in [0.25, 0.3) is 0 Å². The number of unbranched alkanes of at least 4 members (excludes halogenated alkanes) is 3. The number of aliphatic hydroxyl groups excluding tert-OH is 1. The highest BCUT2D eigenvalue weighted by Gasteiger charge is 2.41. The monoisotopic (exact) mass is 436 g/mol. The molecule has 0 saturated heterocycles. The fourth-order valence-corrected chi connectivity index (χ4v) is 4.67. The molecule has 1 aliphatic carbocycles. The standard InChI is InChI=1S/C20H27Cl3O4/c1-26-20(25)7-5-3-2-4-6-16-17(19(24)11-18(16)23)12-27-15-9-13(21)8-14(22)10-15/h8-10,16-19,24H,2-7,11-12H2,1H3. The van der Waals surface area contributed by atoms with E-state index in [1.54, 1.807) is 18.2 Å². The van der Waals surface area contributed by atoms with E-state index in [0.29, 0.717) is 35.2 Å². The van der Waals surface area contributed by atoms with Crippen LogP contribution in [0, 0.1) is 11.8 Å². The fourth-order valence-electron chi connectivity index (χ4n) is 3.67. The molecular formula is C20H27Cl3O4. The van der Waals surface area contributed by atoms with Crippen molar-refractivity contribution >= 4 is 40.8 Å². The van der Waals surface area contributed by atoms with Gasteiger partial charge in [0, 0.05) is 27.8 Å². The van der Waals surface area contributed by atoms with Gasteiger partial charge in [-0.3, -0.25) is 4.79 Å². The molecule has 0 aromatic heterocycles. The number of aliphatic hydroxyl groups is 1. The normalized spacial score (nSPS) is 24.8. The van der Waals surface area contributed by atoms with E-state index < -0.39 is 6.10 Å². The van der Waals surface area contributed by atoms with Crippen molar-refractivity contribution in [3.05, 3.63) is 28.2 Å². The Bertz CT molecular complexity index is 591. The minimum Gasteiger partial charge on any atom is -0.493 e. The molecule has 1 saturated carbocycles. The van der Waals surface area contributed by atoms with Gasteiger partial charge >= 0.3 is 5.97 Å². The van der Waals surface area contributed by atoms with Crippen LogP contribution in [0.25, 0.3) is 0 Å². The molecule has 1 aromatic rings. The molecule has 4 nitrogen and oxygen atoms in total. The van der Waals surface area contributed by atoms with Gasteiger partial charge in [-0.2, -0.15) is 0 Å². The van der Waals surface area contributed by atoms with Crippen molar-refractivity contribution in [3.63, 3.8) is 0 Å². The van der Waals surface area contributed by atoms with E-state index in [4.69, 9.17) is 39.5 Å². The van der Waals surface area contributed by atoms with E-state index in [9.17, 15) is 9.90 Å². The van der Waals surface area contributed by atoms with Gasteiger partial charge in [-0.05, 0) is 43.4 Å². The Hall–Kier alpha value is -0.680. The molecule has 27 heavy (non-hydrogen) atoms. The van der Waals surface area contributed by atoms with Gasteiger partial charge in [0.15, 0.2) is 0 Å². The van der Waals surface area contributed by atoms with Crippen LogP contribution in [0.5, 0.6) is 5.75 Å². The quantitative estimate of drug-likeness (QED) is 0.299. The second kappa shape index (κ2) is 11.4. The number of ether oxygens (including phenoxy) is 2. The van der Waals surface area contributed by atoms with Crippen LogP contribution in [0.2, 0.25) is 10.0 Å². The molecule has 1 N–H and O–H groups in total. The number of carbonyl (C=O) groups is 1. The van der Waals surface area contributed by atoms with Crippen molar-refractivity contribution in [2.75, 3.05) is 13.7 Å². The third kappa shape index (κ3) is 7.34. The van der Waals surface area contributed by atoms with Crippen molar-refractivity contribution in [1.82, 2.24) is 0 Å². The average molecular weight is 438 g/mol. The second-order valence-electron chi connectivity index (χ2n) is 7.09. The first kappa shape index (κ1) is 22.6. The number of methoxy groups -OCH3 is 1. The number of hydrogen-bond donors (Lipinski definition) is 1. The van der Waals surface area contributed by atoms with E-state index in [1.807, 2.05) is 0 Å². The van der Waals surface area contributed by atoms with E-state index >= 15 is 0 Å². The summed E-state index contributed by atoms with van der Waals surface area (Å²) < 4.78 is 10.5. The van der Waals surface area contributed by atoms with Gasteiger partial charge in [-0.15, -0.1) is 11.6 Å². The first-order valence-corrected chi connectivity index (χ1v) is 10.6. The molecule has 1 aromatic carbocycles. The lowest BCUT2D eigenvalue weighted by molar-refractivity contribution is -0.140. The summed E-state index contributed by atoms with van der Waals surface area (Å²) in [6, 6.07) is 5.07. The average Bonchev–Trinajstić information content (AvgIpc) is 2.88. The minimum absolute atomic E-state index is 0.0136. The number of hydrogen-bond acceptors (Lipinski definition) is 4. The van der Waals surface area contributed by atoms with E-state index in [-0.39, 0.29) is 23.2 Å². The van der Waals surface area contributed by atoms with Gasteiger partial charge in [0.05, 0.1) is 19.8 Å². The maximum Gasteiger partial charge on any atom is 0.305 e. The molecule has 4 atom stereocenters. The molecule has 1 fully saturated rings. The van der Waals surface area contributed by atoms with Crippen molar-refractivity contribution in [1.29, 1.82) is 0 Å². The first-order chi connectivity index (χ1) is 12.9. The van der Waals surface area contributed by atoms with Crippen LogP contribution in [0.15, 0.2) is 18.2 Å². The van der Waals surface area contributed by atoms with E-state index in [2.05, 4.69) is 4.74 Å². The third-order valence-corrected chi connectivity index (χ3v) is 6.09. The summed E-state index contributed by atoms with van der Waals surface area (Å²) in [4.78, 5) is 11.1. The van der Waals surface area contributed by atoms with E-state index in [0.717, 1.165) is 32.1 Å². The topological polar surface area (TPSA) is 55.8 Å². The molecule has 152 valence electrons. The summed E-state index contributed by atoms with van der Waals surface area (Å²) in [6.45, 7) is 0.383. The van der Waals surface area contributed by atoms with E-state index in [1.165, 1.54) is 7.11 Å². The number of benzene rings is 1. The number of halogens is 3. The van der Waals surface area contributed by atoms with Crippen LogP contribution in [-0.4, -0.2) is 36.3 Å². The summed E-state index contributed by atoms with van der Waals surface area (Å²) in [5.74, 6) is 0.629. The maximum atomic E-state index is 11.1. The molecule has 0 amide bonds. The molecular weight excluding hydrogens is 411 g/mol. The summed E-state index contributed by atoms with van der Waals surface area (Å²) >= 11 is 18.5. The predicted molar refractivity (Wildman–Crippen MR) is 109 cm³/mol. The van der Waals surface area contributed by atoms with Crippen molar-refractivity contribution < 1.29 is 19.4 Å². The SMILES string of the molecule is COC(=O)CCCCCCC1C(Cl)CC(O)C1COc1cc(Cl)cc(Cl)c1. The Morgan fingerprint density at radius 1 is 1.11 bits per heavy atom. The van der Waals surface area contributed by atoms with Crippen LogP contribution in [-0.2, 0) is 9.53 Å². The zero-order valence-corrected chi connectivity index (χ0v) is 17.8. The Morgan fingerprint density at radius 3 is 2.44 bits per heavy atom. The predicted octanol–water partition coefficient (Wildman–Crippen LogP) is 5.49. The molecule has 2 rings (SSSR count). The molecule has 7 heteroatoms. The van der Waals surface area contributed by atoms with Gasteiger partial charge in [0.1, 0.15) is 5.75 Å². The van der Waals surface area contributed by atoms with Crippen molar-refractivity contribution in [2.24, 2.45) is 11.8 Å². The van der Waals surface area contributed by atoms with Gasteiger partial charge in [0.2, 0.25) is 0 Å². The van der Waals surface area contributed by atoms with Crippen LogP contribution >= 0.6 is 34.8 Å². The van der Waals surface area contributed by atoms with Gasteiger partial charge < -0.3 is 14.6 Å². The molecule has 1 aliphatic rings. The summed E-state index contributed by atoms with van der Waals surface area (Å²) in [5, 5.41) is 11.4. The smallest absolute Gasteiger partial charge is 0.305 e. The second-order valence-corrected chi connectivity index (χ2v) is 8.53. The third-order valence-electron chi connectivity index (χ3n) is 5.15. The van der Waals surface area contributed by atoms with Gasteiger partial charge in [-0.25, -0.2) is 0 Å². The number of alkyl halides is 1. The lowest BCUT2D eigenvalue weighted by atomic mass is 9.90. The lowest BCUT2D eigenvalue weighted by Gasteiger charge is -2.23.